The van der Waals surface area contributed by atoms with E-state index in [-0.39, 0.29) is 12.4 Å². The van der Waals surface area contributed by atoms with Crippen LogP contribution >= 0.6 is 7.60 Å². The Morgan fingerprint density at radius 3 is 2.13 bits per heavy atom. The Kier molecular flexibility index (Phi) is 6.16. The van der Waals surface area contributed by atoms with Gasteiger partial charge in [0.15, 0.2) is 0 Å². The number of rotatable bonds is 7. The zero-order chi connectivity index (χ0) is 12.1. The summed E-state index contributed by atoms with van der Waals surface area (Å²) < 4.78 is 17.4. The second kappa shape index (κ2) is 6.07. The van der Waals surface area contributed by atoms with E-state index >= 15 is 0 Å². The zero-order valence-corrected chi connectivity index (χ0v) is 11.1. The van der Waals surface area contributed by atoms with E-state index in [9.17, 15) is 9.46 Å². The van der Waals surface area contributed by atoms with Gasteiger partial charge in [-0.2, -0.15) is 0 Å². The SMILES string of the molecule is [B]CC(CC)OP(=O)(O)C(C)(CC)CC. The van der Waals surface area contributed by atoms with Gasteiger partial charge in [-0.05, 0) is 26.2 Å². The van der Waals surface area contributed by atoms with Crippen molar-refractivity contribution in [3.63, 3.8) is 0 Å². The predicted octanol–water partition coefficient (Wildman–Crippen LogP) is 3.13. The van der Waals surface area contributed by atoms with E-state index < -0.39 is 12.8 Å². The van der Waals surface area contributed by atoms with Crippen LogP contribution in [0.3, 0.4) is 0 Å². The minimum Gasteiger partial charge on any atom is -0.324 e. The molecule has 0 aromatic carbocycles. The van der Waals surface area contributed by atoms with Crippen LogP contribution in [-0.2, 0) is 9.09 Å². The average Bonchev–Trinajstić information content (AvgIpc) is 2.24. The summed E-state index contributed by atoms with van der Waals surface area (Å²) in [6.45, 7) is 7.49. The summed E-state index contributed by atoms with van der Waals surface area (Å²) in [6, 6.07) is 0. The highest BCUT2D eigenvalue weighted by atomic mass is 31.2. The van der Waals surface area contributed by atoms with Crippen molar-refractivity contribution in [3.8, 4) is 0 Å². The summed E-state index contributed by atoms with van der Waals surface area (Å²) in [5.74, 6) is 0. The monoisotopic (exact) mass is 232 g/mol. The maximum atomic E-state index is 12.1. The van der Waals surface area contributed by atoms with Gasteiger partial charge < -0.3 is 9.42 Å². The van der Waals surface area contributed by atoms with Gasteiger partial charge in [0, 0.05) is 0 Å². The van der Waals surface area contributed by atoms with Crippen LogP contribution in [0.2, 0.25) is 6.32 Å². The first-order valence-electron chi connectivity index (χ1n) is 5.58. The van der Waals surface area contributed by atoms with Crippen LogP contribution in [0.15, 0.2) is 0 Å². The molecule has 0 saturated heterocycles. The van der Waals surface area contributed by atoms with Crippen LogP contribution in [0.4, 0.5) is 0 Å². The van der Waals surface area contributed by atoms with Crippen molar-refractivity contribution in [2.24, 2.45) is 0 Å². The van der Waals surface area contributed by atoms with Crippen molar-refractivity contribution in [1.29, 1.82) is 0 Å². The molecule has 0 heterocycles. The summed E-state index contributed by atoms with van der Waals surface area (Å²) in [5.41, 5.74) is 0. The van der Waals surface area contributed by atoms with Gasteiger partial charge in [-0.1, -0.05) is 27.1 Å². The van der Waals surface area contributed by atoms with E-state index in [1.165, 1.54) is 0 Å². The molecule has 0 aromatic rings. The minimum absolute atomic E-state index is 0.282. The van der Waals surface area contributed by atoms with Crippen LogP contribution in [-0.4, -0.2) is 24.0 Å². The lowest BCUT2D eigenvalue weighted by atomic mass is 9.98. The molecule has 0 aliphatic carbocycles. The van der Waals surface area contributed by atoms with E-state index in [2.05, 4.69) is 0 Å². The number of hydrogen-bond acceptors (Lipinski definition) is 2. The van der Waals surface area contributed by atoms with Gasteiger partial charge in [-0.15, -0.1) is 0 Å². The highest BCUT2D eigenvalue weighted by molar-refractivity contribution is 7.54. The smallest absolute Gasteiger partial charge is 0.324 e. The standard InChI is InChI=1S/C10H22BO3P/c1-5-9(8-11)14-15(12,13)10(4,6-2)7-3/h9H,5-8H2,1-4H3,(H,12,13). The third-order valence-corrected chi connectivity index (χ3v) is 5.80. The molecule has 2 radical (unpaired) electrons. The van der Waals surface area contributed by atoms with Gasteiger partial charge in [0.05, 0.1) is 19.1 Å². The molecule has 0 aliphatic rings. The molecular formula is C10H22BO3P. The third-order valence-electron chi connectivity index (χ3n) is 3.22. The Morgan fingerprint density at radius 1 is 1.40 bits per heavy atom. The molecule has 1 N–H and O–H groups in total. The molecule has 3 nitrogen and oxygen atoms in total. The minimum atomic E-state index is -3.58. The fraction of sp³-hybridized carbons (Fsp3) is 1.00. The lowest BCUT2D eigenvalue weighted by Gasteiger charge is -2.33. The molecule has 88 valence electrons. The van der Waals surface area contributed by atoms with E-state index in [0.29, 0.717) is 19.3 Å². The first-order chi connectivity index (χ1) is 6.86. The Labute approximate surface area is 94.5 Å². The molecule has 2 unspecified atom stereocenters. The first-order valence-corrected chi connectivity index (χ1v) is 7.16. The van der Waals surface area contributed by atoms with Crippen LogP contribution in [0, 0.1) is 0 Å². The molecule has 0 rings (SSSR count). The third kappa shape index (κ3) is 3.62. The molecule has 2 atom stereocenters. The fourth-order valence-corrected chi connectivity index (χ4v) is 2.96. The van der Waals surface area contributed by atoms with E-state index in [1.54, 1.807) is 6.92 Å². The fourth-order valence-electron chi connectivity index (χ4n) is 1.26. The average molecular weight is 232 g/mol. The maximum absolute atomic E-state index is 12.1. The van der Waals surface area contributed by atoms with Crippen LogP contribution < -0.4 is 0 Å². The first kappa shape index (κ1) is 15.2. The van der Waals surface area contributed by atoms with Gasteiger partial charge in [0.25, 0.3) is 0 Å². The topological polar surface area (TPSA) is 46.5 Å². The van der Waals surface area contributed by atoms with Crippen LogP contribution in [0.25, 0.3) is 0 Å². The molecular weight excluding hydrogens is 210 g/mol. The van der Waals surface area contributed by atoms with Gasteiger partial charge in [0.2, 0.25) is 0 Å². The molecule has 5 heteroatoms. The van der Waals surface area contributed by atoms with Crippen molar-refractivity contribution in [2.75, 3.05) is 0 Å². The predicted molar refractivity (Wildman–Crippen MR) is 64.5 cm³/mol. The molecule has 0 fully saturated rings. The Morgan fingerprint density at radius 2 is 1.87 bits per heavy atom. The van der Waals surface area contributed by atoms with Gasteiger partial charge in [-0.25, -0.2) is 0 Å². The second-order valence-electron chi connectivity index (χ2n) is 4.10. The second-order valence-corrected chi connectivity index (χ2v) is 6.43. The molecule has 0 aliphatic heterocycles. The van der Waals surface area contributed by atoms with Crippen molar-refractivity contribution < 1.29 is 14.0 Å². The Hall–Kier alpha value is 0.215. The van der Waals surface area contributed by atoms with Gasteiger partial charge >= 0.3 is 7.60 Å². The Balaban J connectivity index is 4.72. The van der Waals surface area contributed by atoms with Crippen LogP contribution in [0.1, 0.15) is 47.0 Å². The van der Waals surface area contributed by atoms with Crippen molar-refractivity contribution in [2.45, 2.75) is 64.5 Å². The summed E-state index contributed by atoms with van der Waals surface area (Å²) in [7, 11) is 1.88. The van der Waals surface area contributed by atoms with Crippen molar-refractivity contribution >= 4 is 15.4 Å². The van der Waals surface area contributed by atoms with Crippen molar-refractivity contribution in [3.05, 3.63) is 0 Å². The van der Waals surface area contributed by atoms with Gasteiger partial charge in [0.1, 0.15) is 0 Å². The summed E-state index contributed by atoms with van der Waals surface area (Å²) in [4.78, 5) is 9.94. The molecule has 0 spiro atoms. The quantitative estimate of drug-likeness (QED) is 0.541. The molecule has 0 saturated carbocycles. The zero-order valence-electron chi connectivity index (χ0n) is 10.2. The highest BCUT2D eigenvalue weighted by Gasteiger charge is 2.42. The van der Waals surface area contributed by atoms with E-state index in [1.807, 2.05) is 20.8 Å². The summed E-state index contributed by atoms with van der Waals surface area (Å²) >= 11 is 0. The maximum Gasteiger partial charge on any atom is 0.334 e. The lowest BCUT2D eigenvalue weighted by molar-refractivity contribution is 0.168. The molecule has 15 heavy (non-hydrogen) atoms. The Bertz CT molecular complexity index is 225. The highest BCUT2D eigenvalue weighted by Crippen LogP contribution is 2.59. The lowest BCUT2D eigenvalue weighted by Crippen LogP contribution is -2.26. The van der Waals surface area contributed by atoms with E-state index in [4.69, 9.17) is 12.4 Å². The van der Waals surface area contributed by atoms with Crippen LogP contribution in [0.5, 0.6) is 0 Å². The molecule has 0 amide bonds. The summed E-state index contributed by atoms with van der Waals surface area (Å²) in [6.07, 6.45) is 1.87. The largest absolute Gasteiger partial charge is 0.334 e. The molecule has 0 aromatic heterocycles. The molecule has 0 bridgehead atoms. The van der Waals surface area contributed by atoms with Crippen molar-refractivity contribution in [1.82, 2.24) is 0 Å². The normalized spacial score (nSPS) is 18.5. The number of hydrogen-bond donors (Lipinski definition) is 1. The summed E-state index contributed by atoms with van der Waals surface area (Å²) in [5, 5.41) is -0.657. The van der Waals surface area contributed by atoms with Gasteiger partial charge in [-0.3, -0.25) is 4.57 Å². The van der Waals surface area contributed by atoms with E-state index in [0.717, 1.165) is 0 Å².